The van der Waals surface area contributed by atoms with Crippen molar-refractivity contribution in [2.45, 2.75) is 38.1 Å². The summed E-state index contributed by atoms with van der Waals surface area (Å²) in [4.78, 5) is 29.7. The molecule has 0 aliphatic carbocycles. The SMILES string of the molecule is O=C(CN1CCCC[C@H]2CN(C(=O)CCc3ccccc3)C[C@H]21)c1ccc(F)c(F)c1. The molecule has 0 N–H and O–H groups in total. The molecule has 0 unspecified atom stereocenters. The van der Waals surface area contributed by atoms with E-state index in [0.717, 1.165) is 56.5 Å². The minimum atomic E-state index is -1.00. The van der Waals surface area contributed by atoms with Crippen molar-refractivity contribution >= 4 is 11.7 Å². The Labute approximate surface area is 181 Å². The number of likely N-dealkylation sites (tertiary alicyclic amines) is 2. The lowest BCUT2D eigenvalue weighted by molar-refractivity contribution is -0.130. The number of amides is 1. The number of fused-ring (bicyclic) bond motifs is 1. The Bertz CT molecular complexity index is 934. The lowest BCUT2D eigenvalue weighted by Gasteiger charge is -2.29. The maximum Gasteiger partial charge on any atom is 0.222 e. The van der Waals surface area contributed by atoms with Crippen molar-refractivity contribution < 1.29 is 18.4 Å². The molecule has 2 heterocycles. The van der Waals surface area contributed by atoms with Crippen molar-refractivity contribution in [3.8, 4) is 0 Å². The van der Waals surface area contributed by atoms with Gasteiger partial charge in [0.1, 0.15) is 0 Å². The van der Waals surface area contributed by atoms with E-state index in [1.807, 2.05) is 35.2 Å². The van der Waals surface area contributed by atoms with Gasteiger partial charge in [-0.05, 0) is 55.5 Å². The Morgan fingerprint density at radius 3 is 2.55 bits per heavy atom. The Morgan fingerprint density at radius 2 is 1.77 bits per heavy atom. The molecule has 0 spiro atoms. The van der Waals surface area contributed by atoms with Crippen LogP contribution in [0.5, 0.6) is 0 Å². The van der Waals surface area contributed by atoms with E-state index in [1.165, 1.54) is 6.07 Å². The molecule has 2 aromatic rings. The van der Waals surface area contributed by atoms with E-state index in [4.69, 9.17) is 0 Å². The van der Waals surface area contributed by atoms with Gasteiger partial charge in [-0.15, -0.1) is 0 Å². The van der Waals surface area contributed by atoms with Gasteiger partial charge in [0.15, 0.2) is 17.4 Å². The molecular weight excluding hydrogens is 398 g/mol. The number of halogens is 2. The molecule has 2 aromatic carbocycles. The van der Waals surface area contributed by atoms with Crippen LogP contribution in [0.2, 0.25) is 0 Å². The number of carbonyl (C=O) groups is 2. The molecular formula is C25H28F2N2O2. The summed E-state index contributed by atoms with van der Waals surface area (Å²) in [5.41, 5.74) is 1.34. The van der Waals surface area contributed by atoms with Crippen molar-refractivity contribution in [1.29, 1.82) is 0 Å². The van der Waals surface area contributed by atoms with Gasteiger partial charge in [-0.2, -0.15) is 0 Å². The molecule has 2 aliphatic rings. The first kappa shape index (κ1) is 21.6. The van der Waals surface area contributed by atoms with Gasteiger partial charge in [0, 0.05) is 31.1 Å². The first-order valence-electron chi connectivity index (χ1n) is 11.1. The van der Waals surface area contributed by atoms with Gasteiger partial charge in [0.2, 0.25) is 5.91 Å². The largest absolute Gasteiger partial charge is 0.341 e. The molecule has 0 aromatic heterocycles. The van der Waals surface area contributed by atoms with Gasteiger partial charge in [-0.1, -0.05) is 36.8 Å². The first-order chi connectivity index (χ1) is 15.0. The standard InChI is InChI=1S/C25H28F2N2O2/c26-21-11-10-19(14-22(21)27)24(30)17-28-13-5-4-8-20-15-29(16-23(20)28)25(31)12-9-18-6-2-1-3-7-18/h1-3,6-7,10-11,14,20,23H,4-5,8-9,12-13,15-17H2/t20-,23+/m0/s1. The molecule has 2 aliphatic heterocycles. The number of aryl methyl sites for hydroxylation is 1. The van der Waals surface area contributed by atoms with Gasteiger partial charge < -0.3 is 4.90 Å². The van der Waals surface area contributed by atoms with Crippen molar-refractivity contribution in [2.24, 2.45) is 5.92 Å². The Balaban J connectivity index is 1.39. The number of carbonyl (C=O) groups excluding carboxylic acids is 2. The first-order valence-corrected chi connectivity index (χ1v) is 11.1. The van der Waals surface area contributed by atoms with E-state index >= 15 is 0 Å². The summed E-state index contributed by atoms with van der Waals surface area (Å²) >= 11 is 0. The third-order valence-electron chi connectivity index (χ3n) is 6.56. The number of Topliss-reactive ketones (excluding diaryl/α,β-unsaturated/α-hetero) is 1. The van der Waals surface area contributed by atoms with E-state index in [2.05, 4.69) is 4.90 Å². The number of ketones is 1. The van der Waals surface area contributed by atoms with Crippen molar-refractivity contribution in [3.63, 3.8) is 0 Å². The molecule has 0 radical (unpaired) electrons. The van der Waals surface area contributed by atoms with Gasteiger partial charge in [-0.25, -0.2) is 8.78 Å². The van der Waals surface area contributed by atoms with Gasteiger partial charge >= 0.3 is 0 Å². The smallest absolute Gasteiger partial charge is 0.222 e. The van der Waals surface area contributed by atoms with E-state index in [9.17, 15) is 18.4 Å². The highest BCUT2D eigenvalue weighted by Gasteiger charge is 2.39. The topological polar surface area (TPSA) is 40.6 Å². The maximum atomic E-state index is 13.5. The van der Waals surface area contributed by atoms with Crippen molar-refractivity contribution in [1.82, 2.24) is 9.80 Å². The summed E-state index contributed by atoms with van der Waals surface area (Å²) in [5.74, 6) is -1.67. The zero-order chi connectivity index (χ0) is 21.8. The molecule has 4 rings (SSSR count). The molecule has 1 amide bonds. The van der Waals surface area contributed by atoms with Crippen LogP contribution in [0.25, 0.3) is 0 Å². The van der Waals surface area contributed by atoms with E-state index in [0.29, 0.717) is 18.9 Å². The van der Waals surface area contributed by atoms with Crippen LogP contribution in [0, 0.1) is 17.6 Å². The van der Waals surface area contributed by atoms with Crippen LogP contribution in [0.3, 0.4) is 0 Å². The fraction of sp³-hybridized carbons (Fsp3) is 0.440. The highest BCUT2D eigenvalue weighted by Crippen LogP contribution is 2.30. The average molecular weight is 427 g/mol. The Hall–Kier alpha value is -2.60. The zero-order valence-electron chi connectivity index (χ0n) is 17.6. The summed E-state index contributed by atoms with van der Waals surface area (Å²) < 4.78 is 26.8. The summed E-state index contributed by atoms with van der Waals surface area (Å²) in [7, 11) is 0. The fourth-order valence-corrected chi connectivity index (χ4v) is 4.84. The predicted molar refractivity (Wildman–Crippen MR) is 115 cm³/mol. The quantitative estimate of drug-likeness (QED) is 0.654. The molecule has 0 saturated carbocycles. The Kier molecular flexibility index (Phi) is 6.76. The average Bonchev–Trinajstić information content (AvgIpc) is 3.12. The van der Waals surface area contributed by atoms with Crippen LogP contribution in [-0.2, 0) is 11.2 Å². The van der Waals surface area contributed by atoms with E-state index in [-0.39, 0.29) is 29.8 Å². The monoisotopic (exact) mass is 426 g/mol. The molecule has 2 atom stereocenters. The number of hydrogen-bond acceptors (Lipinski definition) is 3. The van der Waals surface area contributed by atoms with Crippen LogP contribution in [0.15, 0.2) is 48.5 Å². The van der Waals surface area contributed by atoms with Crippen LogP contribution < -0.4 is 0 Å². The second-order valence-corrected chi connectivity index (χ2v) is 8.63. The molecule has 6 heteroatoms. The van der Waals surface area contributed by atoms with Crippen LogP contribution >= 0.6 is 0 Å². The third-order valence-corrected chi connectivity index (χ3v) is 6.56. The van der Waals surface area contributed by atoms with Crippen LogP contribution in [0.1, 0.15) is 41.6 Å². The summed E-state index contributed by atoms with van der Waals surface area (Å²) in [6.07, 6.45) is 4.33. The van der Waals surface area contributed by atoms with Gasteiger partial charge in [-0.3, -0.25) is 14.5 Å². The summed E-state index contributed by atoms with van der Waals surface area (Å²) in [6.45, 7) is 2.30. The molecule has 4 nitrogen and oxygen atoms in total. The summed E-state index contributed by atoms with van der Waals surface area (Å²) in [6, 6.07) is 13.4. The lowest BCUT2D eigenvalue weighted by atomic mass is 9.98. The van der Waals surface area contributed by atoms with Gasteiger partial charge in [0.25, 0.3) is 0 Å². The van der Waals surface area contributed by atoms with Crippen LogP contribution in [-0.4, -0.2) is 53.7 Å². The molecule has 164 valence electrons. The molecule has 0 bridgehead atoms. The van der Waals surface area contributed by atoms with E-state index < -0.39 is 11.6 Å². The fourth-order valence-electron chi connectivity index (χ4n) is 4.84. The number of benzene rings is 2. The highest BCUT2D eigenvalue weighted by molar-refractivity contribution is 5.97. The minimum Gasteiger partial charge on any atom is -0.341 e. The number of nitrogens with zero attached hydrogens (tertiary/aromatic N) is 2. The van der Waals surface area contributed by atoms with Gasteiger partial charge in [0.05, 0.1) is 6.54 Å². The Morgan fingerprint density at radius 1 is 0.968 bits per heavy atom. The van der Waals surface area contributed by atoms with Crippen molar-refractivity contribution in [3.05, 3.63) is 71.3 Å². The number of rotatable bonds is 6. The summed E-state index contributed by atoms with van der Waals surface area (Å²) in [5, 5.41) is 0. The third kappa shape index (κ3) is 5.18. The maximum absolute atomic E-state index is 13.5. The van der Waals surface area contributed by atoms with Crippen LogP contribution in [0.4, 0.5) is 8.78 Å². The molecule has 31 heavy (non-hydrogen) atoms. The second-order valence-electron chi connectivity index (χ2n) is 8.63. The zero-order valence-corrected chi connectivity index (χ0v) is 17.6. The second kappa shape index (κ2) is 9.69. The van der Waals surface area contributed by atoms with Crippen molar-refractivity contribution in [2.75, 3.05) is 26.2 Å². The predicted octanol–water partition coefficient (Wildman–Crippen LogP) is 4.09. The lowest BCUT2D eigenvalue weighted by Crippen LogP contribution is -2.43. The molecule has 2 fully saturated rings. The molecule has 2 saturated heterocycles. The normalized spacial score (nSPS) is 21.5. The number of hydrogen-bond donors (Lipinski definition) is 0. The minimum absolute atomic E-state index is 0.137. The van der Waals surface area contributed by atoms with E-state index in [1.54, 1.807) is 0 Å². The highest BCUT2D eigenvalue weighted by atomic mass is 19.2.